The SMILES string of the molecule is C[C@]12CC[C@H](NC(=O)OCCN3CCCC3)C[C@H]1CC[C@@H]1[C@@H]2CC[C@]2(C)[C@@H](c3ccc(=O)oc3)[CH]C[C@]12O. The van der Waals surface area contributed by atoms with Crippen LogP contribution in [0.4, 0.5) is 4.79 Å². The first-order valence-electron chi connectivity index (χ1n) is 15.0. The van der Waals surface area contributed by atoms with E-state index in [1.54, 1.807) is 6.26 Å². The van der Waals surface area contributed by atoms with Crippen molar-refractivity contribution < 1.29 is 19.1 Å². The monoisotopic (exact) mass is 525 g/mol. The summed E-state index contributed by atoms with van der Waals surface area (Å²) < 4.78 is 10.7. The van der Waals surface area contributed by atoms with Crippen LogP contribution in [0.2, 0.25) is 0 Å². The minimum atomic E-state index is -0.737. The van der Waals surface area contributed by atoms with Gasteiger partial charge in [0.05, 0.1) is 11.9 Å². The first-order valence-corrected chi connectivity index (χ1v) is 15.0. The Hall–Kier alpha value is -1.86. The second-order valence-electron chi connectivity index (χ2n) is 13.5. The van der Waals surface area contributed by atoms with Crippen LogP contribution in [-0.2, 0) is 4.74 Å². The van der Waals surface area contributed by atoms with Gasteiger partial charge in [-0.15, -0.1) is 0 Å². The van der Waals surface area contributed by atoms with Crippen molar-refractivity contribution in [3.8, 4) is 0 Å². The summed E-state index contributed by atoms with van der Waals surface area (Å²) in [5.74, 6) is 1.43. The lowest BCUT2D eigenvalue weighted by Gasteiger charge is -2.63. The number of amides is 1. The fraction of sp³-hybridized carbons (Fsp3) is 0.774. The summed E-state index contributed by atoms with van der Waals surface area (Å²) in [4.78, 5) is 26.4. The Kier molecular flexibility index (Phi) is 6.91. The molecule has 1 aromatic heterocycles. The van der Waals surface area contributed by atoms with E-state index >= 15 is 0 Å². The number of fused-ring (bicyclic) bond motifs is 5. The van der Waals surface area contributed by atoms with Gasteiger partial charge in [-0.1, -0.05) is 13.8 Å². The number of aliphatic hydroxyl groups is 1. The van der Waals surface area contributed by atoms with Crippen LogP contribution in [0.3, 0.4) is 0 Å². The summed E-state index contributed by atoms with van der Waals surface area (Å²) in [6.07, 6.45) is 14.1. The maximum Gasteiger partial charge on any atom is 0.407 e. The summed E-state index contributed by atoms with van der Waals surface area (Å²) in [7, 11) is 0. The van der Waals surface area contributed by atoms with Gasteiger partial charge in [0.1, 0.15) is 6.61 Å². The molecule has 5 fully saturated rings. The Bertz CT molecular complexity index is 1060. The molecule has 0 bridgehead atoms. The largest absolute Gasteiger partial charge is 0.448 e. The first kappa shape index (κ1) is 26.4. The lowest BCUT2D eigenvalue weighted by Crippen LogP contribution is -2.62. The number of rotatable bonds is 5. The fourth-order valence-corrected chi connectivity index (χ4v) is 9.62. The van der Waals surface area contributed by atoms with Gasteiger partial charge in [0.15, 0.2) is 0 Å². The zero-order chi connectivity index (χ0) is 26.5. The van der Waals surface area contributed by atoms with Gasteiger partial charge < -0.3 is 19.6 Å². The van der Waals surface area contributed by atoms with E-state index in [0.29, 0.717) is 24.9 Å². The second kappa shape index (κ2) is 9.96. The predicted octanol–water partition coefficient (Wildman–Crippen LogP) is 4.89. The number of carbonyl (C=O) groups excluding carboxylic acids is 1. The molecule has 209 valence electrons. The molecule has 7 heteroatoms. The van der Waals surface area contributed by atoms with Crippen LogP contribution in [-0.4, -0.2) is 54.0 Å². The van der Waals surface area contributed by atoms with Crippen molar-refractivity contribution in [2.24, 2.45) is 28.6 Å². The van der Waals surface area contributed by atoms with E-state index < -0.39 is 5.60 Å². The van der Waals surface area contributed by atoms with Gasteiger partial charge in [-0.3, -0.25) is 4.90 Å². The lowest BCUT2D eigenvalue weighted by molar-refractivity contribution is -0.201. The Morgan fingerprint density at radius 3 is 2.71 bits per heavy atom. The molecule has 1 aromatic rings. The van der Waals surface area contributed by atoms with Gasteiger partial charge in [0.25, 0.3) is 0 Å². The number of likely N-dealkylation sites (tertiary alicyclic amines) is 1. The molecule has 2 heterocycles. The average molecular weight is 526 g/mol. The summed E-state index contributed by atoms with van der Waals surface area (Å²) in [6.45, 7) is 8.26. The van der Waals surface area contributed by atoms with Crippen molar-refractivity contribution >= 4 is 6.09 Å². The van der Waals surface area contributed by atoms with E-state index in [-0.39, 0.29) is 40.4 Å². The molecule has 0 unspecified atom stereocenters. The molecular formula is C31H45N2O5. The van der Waals surface area contributed by atoms with Gasteiger partial charge in [-0.05, 0) is 124 Å². The van der Waals surface area contributed by atoms with E-state index in [2.05, 4.69) is 30.5 Å². The molecule has 1 aliphatic heterocycles. The topological polar surface area (TPSA) is 92.0 Å². The number of hydrogen-bond acceptors (Lipinski definition) is 6. The Morgan fingerprint density at radius 1 is 1.13 bits per heavy atom. The van der Waals surface area contributed by atoms with Crippen molar-refractivity contribution in [3.63, 3.8) is 0 Å². The van der Waals surface area contributed by atoms with Crippen molar-refractivity contribution in [2.75, 3.05) is 26.2 Å². The van der Waals surface area contributed by atoms with Crippen LogP contribution in [0.15, 0.2) is 27.6 Å². The Morgan fingerprint density at radius 2 is 1.95 bits per heavy atom. The van der Waals surface area contributed by atoms with Gasteiger partial charge >= 0.3 is 11.7 Å². The van der Waals surface area contributed by atoms with Crippen molar-refractivity contribution in [1.82, 2.24) is 10.2 Å². The lowest BCUT2D eigenvalue weighted by atomic mass is 9.43. The molecule has 5 aliphatic rings. The molecule has 0 spiro atoms. The number of nitrogens with zero attached hydrogens (tertiary/aromatic N) is 1. The third kappa shape index (κ3) is 4.32. The zero-order valence-corrected chi connectivity index (χ0v) is 23.1. The molecule has 6 rings (SSSR count). The second-order valence-corrected chi connectivity index (χ2v) is 13.5. The molecular weight excluding hydrogens is 480 g/mol. The Balaban J connectivity index is 1.09. The van der Waals surface area contributed by atoms with Crippen molar-refractivity contribution in [1.29, 1.82) is 0 Å². The molecule has 4 saturated carbocycles. The van der Waals surface area contributed by atoms with Gasteiger partial charge in [0.2, 0.25) is 0 Å². The molecule has 1 saturated heterocycles. The minimum Gasteiger partial charge on any atom is -0.448 e. The number of hydrogen-bond donors (Lipinski definition) is 2. The molecule has 0 aromatic carbocycles. The molecule has 4 aliphatic carbocycles. The maximum atomic E-state index is 12.5. The number of nitrogens with one attached hydrogen (secondary N) is 1. The molecule has 38 heavy (non-hydrogen) atoms. The first-order chi connectivity index (χ1) is 18.2. The van der Waals surface area contributed by atoms with Crippen LogP contribution in [0.1, 0.15) is 89.5 Å². The van der Waals surface area contributed by atoms with E-state index in [9.17, 15) is 14.7 Å². The maximum absolute atomic E-state index is 12.5. The number of alkyl carbamates (subject to hydrolysis) is 1. The van der Waals surface area contributed by atoms with Crippen LogP contribution < -0.4 is 10.9 Å². The summed E-state index contributed by atoms with van der Waals surface area (Å²) in [5.41, 5.74) is -0.133. The van der Waals surface area contributed by atoms with Gasteiger partial charge in [-0.25, -0.2) is 9.59 Å². The molecule has 2 N–H and O–H groups in total. The van der Waals surface area contributed by atoms with E-state index in [1.807, 2.05) is 6.07 Å². The van der Waals surface area contributed by atoms with Crippen molar-refractivity contribution in [2.45, 2.75) is 95.6 Å². The van der Waals surface area contributed by atoms with Crippen LogP contribution >= 0.6 is 0 Å². The highest BCUT2D eigenvalue weighted by atomic mass is 16.5. The highest BCUT2D eigenvalue weighted by Gasteiger charge is 2.67. The third-order valence-corrected chi connectivity index (χ3v) is 11.9. The average Bonchev–Trinajstić information content (AvgIpc) is 3.51. The molecule has 1 amide bonds. The summed E-state index contributed by atoms with van der Waals surface area (Å²) in [6, 6.07) is 3.55. The normalized spacial score (nSPS) is 42.7. The van der Waals surface area contributed by atoms with Crippen molar-refractivity contribution in [3.05, 3.63) is 40.8 Å². The Labute approximate surface area is 226 Å². The van der Waals surface area contributed by atoms with E-state index in [4.69, 9.17) is 9.15 Å². The number of ether oxygens (including phenoxy) is 1. The van der Waals surface area contributed by atoms with E-state index in [1.165, 1.54) is 18.9 Å². The molecule has 8 atom stereocenters. The fourth-order valence-electron chi connectivity index (χ4n) is 9.62. The van der Waals surface area contributed by atoms with E-state index in [0.717, 1.165) is 70.1 Å². The van der Waals surface area contributed by atoms with Crippen LogP contribution in [0.25, 0.3) is 0 Å². The predicted molar refractivity (Wildman–Crippen MR) is 145 cm³/mol. The number of carbonyl (C=O) groups is 1. The van der Waals surface area contributed by atoms with Gasteiger partial charge in [-0.2, -0.15) is 0 Å². The summed E-state index contributed by atoms with van der Waals surface area (Å²) >= 11 is 0. The standard InChI is InChI=1S/C31H45N2O5/c1-29-12-9-23(32-28(35)37-18-17-33-15-3-4-16-33)19-22(29)6-7-26-25(29)10-13-30(2)24(11-14-31(26,30)36)21-5-8-27(34)38-20-21/h5,8,11,20,22-26,36H,3-4,6-7,9-10,12-19H2,1-2H3,(H,32,35)/t22-,23+,24-,25+,26-,29+,30-,31+/m1/s1. The molecule has 1 radical (unpaired) electrons. The van der Waals surface area contributed by atoms with Crippen LogP contribution in [0.5, 0.6) is 0 Å². The molecule has 7 nitrogen and oxygen atoms in total. The van der Waals surface area contributed by atoms with Gasteiger partial charge in [0, 0.05) is 24.1 Å². The zero-order valence-electron chi connectivity index (χ0n) is 23.1. The van der Waals surface area contributed by atoms with Crippen LogP contribution in [0, 0.1) is 35.0 Å². The minimum absolute atomic E-state index is 0.0970. The highest BCUT2D eigenvalue weighted by Crippen LogP contribution is 2.70. The smallest absolute Gasteiger partial charge is 0.407 e. The highest BCUT2D eigenvalue weighted by molar-refractivity contribution is 5.67. The summed E-state index contributed by atoms with van der Waals surface area (Å²) in [5, 5.41) is 15.6. The quantitative estimate of drug-likeness (QED) is 0.569. The third-order valence-electron chi connectivity index (χ3n) is 11.9.